The number of hydrogen-bond donors (Lipinski definition) is 1. The Balaban J connectivity index is 1.79. The van der Waals surface area contributed by atoms with Gasteiger partial charge in [-0.15, -0.1) is 0 Å². The normalized spacial score (nSPS) is 14.2. The van der Waals surface area contributed by atoms with Crippen LogP contribution in [-0.4, -0.2) is 44.3 Å². The van der Waals surface area contributed by atoms with Crippen LogP contribution in [0.4, 0.5) is 5.69 Å². The number of aryl methyl sites for hydroxylation is 2. The van der Waals surface area contributed by atoms with Gasteiger partial charge in [-0.1, -0.05) is 12.1 Å². The molecule has 1 fully saturated rings. The number of aromatic amines is 1. The molecule has 8 heteroatoms. The van der Waals surface area contributed by atoms with E-state index in [1.807, 2.05) is 32.0 Å². The van der Waals surface area contributed by atoms with Crippen molar-refractivity contribution in [1.29, 1.82) is 0 Å². The third-order valence-corrected chi connectivity index (χ3v) is 7.61. The fraction of sp³-hybridized carbons (Fsp3) is 0.304. The molecule has 0 spiro atoms. The molecule has 1 aliphatic heterocycles. The summed E-state index contributed by atoms with van der Waals surface area (Å²) in [6.45, 7) is 5.01. The Morgan fingerprint density at radius 1 is 1.06 bits per heavy atom. The van der Waals surface area contributed by atoms with E-state index < -0.39 is 15.5 Å². The number of sulfonamides is 1. The van der Waals surface area contributed by atoms with E-state index >= 15 is 0 Å². The maximum Gasteiger partial charge on any atom is 0.264 e. The first kappa shape index (κ1) is 21.1. The summed E-state index contributed by atoms with van der Waals surface area (Å²) in [5, 5.41) is 0.181. The minimum absolute atomic E-state index is 0.000299. The second-order valence-electron chi connectivity index (χ2n) is 8.00. The minimum Gasteiger partial charge on any atom is -0.360 e. The van der Waals surface area contributed by atoms with Gasteiger partial charge in [-0.2, -0.15) is 0 Å². The van der Waals surface area contributed by atoms with Gasteiger partial charge < -0.3 is 9.88 Å². The fourth-order valence-electron chi connectivity index (χ4n) is 3.95. The number of nitrogens with one attached hydrogen (secondary N) is 1. The van der Waals surface area contributed by atoms with Crippen molar-refractivity contribution in [3.8, 4) is 0 Å². The Labute approximate surface area is 181 Å². The lowest BCUT2D eigenvalue weighted by Gasteiger charge is -2.22. The van der Waals surface area contributed by atoms with Gasteiger partial charge in [-0.05, 0) is 62.1 Å². The van der Waals surface area contributed by atoms with Crippen molar-refractivity contribution in [3.63, 3.8) is 0 Å². The largest absolute Gasteiger partial charge is 0.360 e. The first-order chi connectivity index (χ1) is 14.7. The number of nitrogens with zero attached hydrogens (tertiary/aromatic N) is 2. The van der Waals surface area contributed by atoms with E-state index in [4.69, 9.17) is 0 Å². The molecule has 1 amide bonds. The number of rotatable bonds is 4. The summed E-state index contributed by atoms with van der Waals surface area (Å²) in [7, 11) is -2.40. The highest BCUT2D eigenvalue weighted by atomic mass is 32.2. The lowest BCUT2D eigenvalue weighted by Crippen LogP contribution is -2.32. The predicted octanol–water partition coefficient (Wildman–Crippen LogP) is 3.21. The third kappa shape index (κ3) is 3.72. The quantitative estimate of drug-likeness (QED) is 0.676. The molecule has 0 atom stereocenters. The molecule has 1 saturated heterocycles. The van der Waals surface area contributed by atoms with Crippen LogP contribution >= 0.6 is 0 Å². The Bertz CT molecular complexity index is 1340. The zero-order valence-electron chi connectivity index (χ0n) is 17.8. The molecule has 1 N–H and O–H groups in total. The first-order valence-corrected chi connectivity index (χ1v) is 11.6. The van der Waals surface area contributed by atoms with Crippen molar-refractivity contribution < 1.29 is 13.2 Å². The van der Waals surface area contributed by atoms with Gasteiger partial charge in [0.25, 0.3) is 15.9 Å². The summed E-state index contributed by atoms with van der Waals surface area (Å²) < 4.78 is 27.9. The molecule has 2 heterocycles. The second-order valence-corrected chi connectivity index (χ2v) is 9.97. The van der Waals surface area contributed by atoms with Gasteiger partial charge in [0.15, 0.2) is 0 Å². The minimum atomic E-state index is -3.90. The molecule has 4 rings (SSSR count). The highest BCUT2D eigenvalue weighted by Gasteiger charge is 2.25. The van der Waals surface area contributed by atoms with Crippen LogP contribution in [0.2, 0.25) is 0 Å². The molecule has 1 aliphatic rings. The van der Waals surface area contributed by atoms with Crippen LogP contribution in [0.1, 0.15) is 34.3 Å². The van der Waals surface area contributed by atoms with E-state index in [1.165, 1.54) is 29.7 Å². The molecule has 2 aromatic carbocycles. The number of likely N-dealkylation sites (tertiary alicyclic amines) is 1. The van der Waals surface area contributed by atoms with E-state index in [0.717, 1.165) is 24.0 Å². The highest BCUT2D eigenvalue weighted by molar-refractivity contribution is 7.92. The van der Waals surface area contributed by atoms with Gasteiger partial charge in [0, 0.05) is 37.2 Å². The molecule has 0 saturated carbocycles. The number of amides is 1. The Morgan fingerprint density at radius 3 is 2.48 bits per heavy atom. The maximum atomic E-state index is 13.3. The van der Waals surface area contributed by atoms with E-state index in [9.17, 15) is 18.0 Å². The molecule has 0 bridgehead atoms. The molecule has 0 aliphatic carbocycles. The molecule has 7 nitrogen and oxygen atoms in total. The number of aromatic nitrogens is 1. The van der Waals surface area contributed by atoms with Gasteiger partial charge in [0.1, 0.15) is 5.56 Å². The van der Waals surface area contributed by atoms with Crippen LogP contribution in [0, 0.1) is 13.8 Å². The van der Waals surface area contributed by atoms with Crippen LogP contribution < -0.4 is 9.73 Å². The fourth-order valence-corrected chi connectivity index (χ4v) is 5.23. The summed E-state index contributed by atoms with van der Waals surface area (Å²) >= 11 is 0. The van der Waals surface area contributed by atoms with Gasteiger partial charge in [0.05, 0.1) is 10.6 Å². The van der Waals surface area contributed by atoms with Gasteiger partial charge in [0.2, 0.25) is 5.43 Å². The predicted molar refractivity (Wildman–Crippen MR) is 121 cm³/mol. The van der Waals surface area contributed by atoms with E-state index in [-0.39, 0.29) is 21.8 Å². The molecule has 162 valence electrons. The van der Waals surface area contributed by atoms with Crippen molar-refractivity contribution in [1.82, 2.24) is 9.88 Å². The molecule has 1 aromatic heterocycles. The average Bonchev–Trinajstić information content (AvgIpc) is 3.29. The van der Waals surface area contributed by atoms with Crippen molar-refractivity contribution >= 4 is 32.5 Å². The number of carbonyl (C=O) groups is 1. The van der Waals surface area contributed by atoms with Gasteiger partial charge in [-0.25, -0.2) is 8.42 Å². The third-order valence-electron chi connectivity index (χ3n) is 5.84. The smallest absolute Gasteiger partial charge is 0.264 e. The van der Waals surface area contributed by atoms with Crippen molar-refractivity contribution in [2.75, 3.05) is 24.4 Å². The number of pyridine rings is 1. The zero-order valence-corrected chi connectivity index (χ0v) is 18.6. The Kier molecular flexibility index (Phi) is 5.35. The molecule has 3 aromatic rings. The van der Waals surface area contributed by atoms with E-state index in [2.05, 4.69) is 4.98 Å². The zero-order chi connectivity index (χ0) is 22.3. The van der Waals surface area contributed by atoms with Crippen molar-refractivity contribution in [2.45, 2.75) is 31.6 Å². The number of benzene rings is 2. The van der Waals surface area contributed by atoms with Crippen molar-refractivity contribution in [3.05, 3.63) is 69.5 Å². The summed E-state index contributed by atoms with van der Waals surface area (Å²) in [6.07, 6.45) is 3.26. The number of carbonyl (C=O) groups excluding carboxylic acids is 1. The SMILES string of the molecule is Cc1ccc(C)c(N(C)S(=O)(=O)c2ccc3[nH]cc(C(=O)N4CCCC4)c(=O)c3c2)c1. The lowest BCUT2D eigenvalue weighted by molar-refractivity contribution is 0.0791. The summed E-state index contributed by atoms with van der Waals surface area (Å²) in [6, 6.07) is 9.99. The number of fused-ring (bicyclic) bond motifs is 1. The maximum absolute atomic E-state index is 13.3. The number of anilines is 1. The lowest BCUT2D eigenvalue weighted by atomic mass is 10.1. The Morgan fingerprint density at radius 2 is 1.77 bits per heavy atom. The van der Waals surface area contributed by atoms with E-state index in [1.54, 1.807) is 11.0 Å². The second kappa shape index (κ2) is 7.85. The topological polar surface area (TPSA) is 90.6 Å². The summed E-state index contributed by atoms with van der Waals surface area (Å²) in [4.78, 5) is 30.4. The molecular weight excluding hydrogens is 414 g/mol. The molecular formula is C23H25N3O4S. The average molecular weight is 440 g/mol. The van der Waals surface area contributed by atoms with Crippen LogP contribution in [0.25, 0.3) is 10.9 Å². The van der Waals surface area contributed by atoms with Crippen LogP contribution in [0.5, 0.6) is 0 Å². The van der Waals surface area contributed by atoms with Crippen molar-refractivity contribution in [2.24, 2.45) is 0 Å². The summed E-state index contributed by atoms with van der Waals surface area (Å²) in [5.74, 6) is -0.318. The van der Waals surface area contributed by atoms with Crippen LogP contribution in [0.15, 0.2) is 52.3 Å². The molecule has 0 radical (unpaired) electrons. The molecule has 0 unspecified atom stereocenters. The monoisotopic (exact) mass is 439 g/mol. The van der Waals surface area contributed by atoms with Gasteiger partial charge in [-0.3, -0.25) is 13.9 Å². The van der Waals surface area contributed by atoms with Gasteiger partial charge >= 0.3 is 0 Å². The number of hydrogen-bond acceptors (Lipinski definition) is 4. The van der Waals surface area contributed by atoms with E-state index in [0.29, 0.717) is 24.3 Å². The highest BCUT2D eigenvalue weighted by Crippen LogP contribution is 2.27. The standard InChI is InChI=1S/C23H25N3O4S/c1-15-6-7-16(2)21(12-15)25(3)31(29,30)17-8-9-20-18(13-17)22(27)19(14-24-20)23(28)26-10-4-5-11-26/h6-9,12-14H,4-5,10-11H2,1-3H3,(H,24,27). The number of H-pyrrole nitrogens is 1. The Hall–Kier alpha value is -3.13. The summed E-state index contributed by atoms with van der Waals surface area (Å²) in [5.41, 5.74) is 2.41. The first-order valence-electron chi connectivity index (χ1n) is 10.2. The molecule has 31 heavy (non-hydrogen) atoms. The van der Waals surface area contributed by atoms with Crippen LogP contribution in [0.3, 0.4) is 0 Å². The van der Waals surface area contributed by atoms with Crippen LogP contribution in [-0.2, 0) is 10.0 Å².